The van der Waals surface area contributed by atoms with Gasteiger partial charge in [0.15, 0.2) is 11.0 Å². The van der Waals surface area contributed by atoms with Crippen LogP contribution in [-0.4, -0.2) is 48.3 Å². The lowest BCUT2D eigenvalue weighted by molar-refractivity contribution is -0.126. The molecular weight excluding hydrogens is 376 g/mol. The number of aromatic nitrogens is 1. The Bertz CT molecular complexity index is 822. The van der Waals surface area contributed by atoms with Gasteiger partial charge < -0.3 is 22.1 Å². The summed E-state index contributed by atoms with van der Waals surface area (Å²) in [4.78, 5) is 34.2. The number of nitrogens with two attached hydrogens (primary N) is 2. The zero-order valence-corrected chi connectivity index (χ0v) is 16.5. The summed E-state index contributed by atoms with van der Waals surface area (Å²) in [5, 5.41) is 6.59. The molecule has 1 fully saturated rings. The molecule has 1 aromatic heterocycles. The first kappa shape index (κ1) is 20.2. The number of carbonyl (C=O) groups is 2. The number of amides is 1. The summed E-state index contributed by atoms with van der Waals surface area (Å²) in [5.41, 5.74) is 11.5. The van der Waals surface area contributed by atoms with Crippen LogP contribution < -0.4 is 22.1 Å². The Balaban J connectivity index is 1.72. The van der Waals surface area contributed by atoms with Crippen molar-refractivity contribution in [3.63, 3.8) is 0 Å². The maximum atomic E-state index is 13.1. The number of carbonyl (C=O) groups excluding carboxylic acids is 2. The molecule has 1 unspecified atom stereocenters. The molecule has 8 nitrogen and oxygen atoms in total. The number of hydrogen-bond acceptors (Lipinski definition) is 6. The fourth-order valence-electron chi connectivity index (χ4n) is 3.26. The molecule has 1 aromatic carbocycles. The van der Waals surface area contributed by atoms with Gasteiger partial charge >= 0.3 is 0 Å². The largest absolute Gasteiger partial charge is 0.370 e. The molecule has 28 heavy (non-hydrogen) atoms. The summed E-state index contributed by atoms with van der Waals surface area (Å²) in [7, 11) is 0. The van der Waals surface area contributed by atoms with Crippen LogP contribution >= 0.6 is 11.3 Å². The number of piperidine rings is 1. The van der Waals surface area contributed by atoms with Gasteiger partial charge in [-0.05, 0) is 44.4 Å². The number of Topliss-reactive ketones (excluding diaryl/α,β-unsaturated/α-hetero) is 1. The second-order valence-corrected chi connectivity index (χ2v) is 7.93. The van der Waals surface area contributed by atoms with Gasteiger partial charge in [-0.2, -0.15) is 0 Å². The number of hydrogen-bond donors (Lipinski definition) is 4. The SMILES string of the molecule is NC(N)=NCCC[C@H](NC(=O)C1CCCNC1)C(=O)c1nc2ccccc2s1. The number of rotatable bonds is 8. The summed E-state index contributed by atoms with van der Waals surface area (Å²) in [6.45, 7) is 1.98. The predicted octanol–water partition coefficient (Wildman–Crippen LogP) is 1.02. The number of fused-ring (bicyclic) bond motifs is 1. The zero-order valence-electron chi connectivity index (χ0n) is 15.7. The number of guanidine groups is 1. The normalized spacial score (nSPS) is 17.8. The first-order valence-electron chi connectivity index (χ1n) is 9.51. The number of para-hydroxylation sites is 1. The van der Waals surface area contributed by atoms with Crippen LogP contribution in [0.3, 0.4) is 0 Å². The van der Waals surface area contributed by atoms with Gasteiger partial charge in [0.25, 0.3) is 0 Å². The molecular formula is C19H26N6O2S. The standard InChI is InChI=1S/C19H26N6O2S/c20-19(21)23-10-4-7-14(24-17(27)12-5-3-9-22-11-12)16(26)18-25-13-6-1-2-8-15(13)28-18/h1-2,6,8,12,14,22H,3-5,7,9-11H2,(H,24,27)(H4,20,21,23)/t12?,14-/m0/s1. The number of thiazole rings is 1. The zero-order chi connectivity index (χ0) is 19.9. The smallest absolute Gasteiger partial charge is 0.224 e. The van der Waals surface area contributed by atoms with Gasteiger partial charge in [0.2, 0.25) is 11.7 Å². The fourth-order valence-corrected chi connectivity index (χ4v) is 4.22. The van der Waals surface area contributed by atoms with Crippen LogP contribution in [0.2, 0.25) is 0 Å². The van der Waals surface area contributed by atoms with E-state index in [4.69, 9.17) is 11.5 Å². The van der Waals surface area contributed by atoms with Crippen molar-refractivity contribution < 1.29 is 9.59 Å². The van der Waals surface area contributed by atoms with Crippen LogP contribution in [-0.2, 0) is 4.79 Å². The van der Waals surface area contributed by atoms with Crippen molar-refractivity contribution in [2.24, 2.45) is 22.4 Å². The van der Waals surface area contributed by atoms with E-state index in [0.29, 0.717) is 30.9 Å². The van der Waals surface area contributed by atoms with Crippen LogP contribution in [0.1, 0.15) is 35.5 Å². The summed E-state index contributed by atoms with van der Waals surface area (Å²) in [6, 6.07) is 6.98. The highest BCUT2D eigenvalue weighted by atomic mass is 32.1. The Morgan fingerprint density at radius 3 is 2.89 bits per heavy atom. The molecule has 150 valence electrons. The molecule has 1 amide bonds. The van der Waals surface area contributed by atoms with E-state index in [9.17, 15) is 9.59 Å². The van der Waals surface area contributed by atoms with E-state index in [1.807, 2.05) is 24.3 Å². The Morgan fingerprint density at radius 1 is 1.36 bits per heavy atom. The lowest BCUT2D eigenvalue weighted by Crippen LogP contribution is -2.47. The molecule has 6 N–H and O–H groups in total. The highest BCUT2D eigenvalue weighted by molar-refractivity contribution is 7.20. The van der Waals surface area contributed by atoms with Gasteiger partial charge in [-0.25, -0.2) is 4.98 Å². The third-order valence-electron chi connectivity index (χ3n) is 4.75. The van der Waals surface area contributed by atoms with Gasteiger partial charge in [-0.15, -0.1) is 11.3 Å². The number of aliphatic imine (C=N–C) groups is 1. The number of nitrogens with one attached hydrogen (secondary N) is 2. The van der Waals surface area contributed by atoms with Gasteiger partial charge in [0.1, 0.15) is 0 Å². The van der Waals surface area contributed by atoms with Crippen molar-refractivity contribution in [1.29, 1.82) is 0 Å². The van der Waals surface area contributed by atoms with Gasteiger partial charge in [-0.1, -0.05) is 12.1 Å². The molecule has 0 spiro atoms. The number of benzene rings is 1. The molecule has 2 aromatic rings. The third-order valence-corrected chi connectivity index (χ3v) is 5.80. The van der Waals surface area contributed by atoms with Crippen molar-refractivity contribution in [3.05, 3.63) is 29.3 Å². The monoisotopic (exact) mass is 402 g/mol. The van der Waals surface area contributed by atoms with E-state index in [1.165, 1.54) is 11.3 Å². The van der Waals surface area contributed by atoms with Gasteiger partial charge in [0.05, 0.1) is 22.2 Å². The molecule has 1 saturated heterocycles. The molecule has 0 aliphatic carbocycles. The highest BCUT2D eigenvalue weighted by Crippen LogP contribution is 2.23. The first-order chi connectivity index (χ1) is 13.5. The first-order valence-corrected chi connectivity index (χ1v) is 10.3. The van der Waals surface area contributed by atoms with Crippen molar-refractivity contribution >= 4 is 39.2 Å². The van der Waals surface area contributed by atoms with E-state index in [0.717, 1.165) is 29.6 Å². The second-order valence-electron chi connectivity index (χ2n) is 6.90. The minimum Gasteiger partial charge on any atom is -0.370 e. The van der Waals surface area contributed by atoms with Crippen LogP contribution in [0, 0.1) is 5.92 Å². The summed E-state index contributed by atoms with van der Waals surface area (Å²) >= 11 is 1.35. The molecule has 3 rings (SSSR count). The van der Waals surface area contributed by atoms with Crippen molar-refractivity contribution in [2.75, 3.05) is 19.6 Å². The van der Waals surface area contributed by atoms with Gasteiger partial charge in [0, 0.05) is 13.1 Å². The third kappa shape index (κ3) is 5.26. The maximum absolute atomic E-state index is 13.1. The molecule has 1 aliphatic rings. The van der Waals surface area contributed by atoms with Crippen LogP contribution in [0.15, 0.2) is 29.3 Å². The molecule has 0 saturated carbocycles. The molecule has 0 bridgehead atoms. The summed E-state index contributed by atoms with van der Waals surface area (Å²) < 4.78 is 0.952. The summed E-state index contributed by atoms with van der Waals surface area (Å²) in [5.74, 6) is -0.347. The number of ketones is 1. The topological polar surface area (TPSA) is 135 Å². The fraction of sp³-hybridized carbons (Fsp3) is 0.474. The Labute approximate surface area is 167 Å². The number of nitrogens with zero attached hydrogens (tertiary/aromatic N) is 2. The molecule has 2 atom stereocenters. The van der Waals surface area contributed by atoms with E-state index in [-0.39, 0.29) is 23.6 Å². The van der Waals surface area contributed by atoms with Crippen molar-refractivity contribution in [1.82, 2.24) is 15.6 Å². The minimum atomic E-state index is -0.635. The second kappa shape index (κ2) is 9.61. The van der Waals surface area contributed by atoms with E-state index < -0.39 is 6.04 Å². The van der Waals surface area contributed by atoms with Crippen LogP contribution in [0.25, 0.3) is 10.2 Å². The van der Waals surface area contributed by atoms with Crippen LogP contribution in [0.5, 0.6) is 0 Å². The van der Waals surface area contributed by atoms with E-state index in [1.54, 1.807) is 0 Å². The average molecular weight is 403 g/mol. The highest BCUT2D eigenvalue weighted by Gasteiger charge is 2.28. The quantitative estimate of drug-likeness (QED) is 0.225. The molecule has 1 aliphatic heterocycles. The average Bonchev–Trinajstić information content (AvgIpc) is 3.14. The van der Waals surface area contributed by atoms with E-state index >= 15 is 0 Å². The van der Waals surface area contributed by atoms with Gasteiger partial charge in [-0.3, -0.25) is 14.6 Å². The molecule has 0 radical (unpaired) electrons. The van der Waals surface area contributed by atoms with Crippen molar-refractivity contribution in [3.8, 4) is 0 Å². The van der Waals surface area contributed by atoms with Crippen LogP contribution in [0.4, 0.5) is 0 Å². The predicted molar refractivity (Wildman–Crippen MR) is 111 cm³/mol. The lowest BCUT2D eigenvalue weighted by Gasteiger charge is -2.24. The maximum Gasteiger partial charge on any atom is 0.224 e. The Kier molecular flexibility index (Phi) is 6.94. The minimum absolute atomic E-state index is 0.0198. The lowest BCUT2D eigenvalue weighted by atomic mass is 9.97. The van der Waals surface area contributed by atoms with E-state index in [2.05, 4.69) is 20.6 Å². The summed E-state index contributed by atoms with van der Waals surface area (Å²) in [6.07, 6.45) is 2.83. The van der Waals surface area contributed by atoms with Crippen molar-refractivity contribution in [2.45, 2.75) is 31.7 Å². The molecule has 9 heteroatoms. The molecule has 2 heterocycles. The Hall–Kier alpha value is -2.52. The Morgan fingerprint density at radius 2 is 2.18 bits per heavy atom.